The van der Waals surface area contributed by atoms with Gasteiger partial charge in [-0.05, 0) is 31.2 Å². The van der Waals surface area contributed by atoms with Crippen molar-refractivity contribution in [2.45, 2.75) is 44.6 Å². The van der Waals surface area contributed by atoms with Crippen molar-refractivity contribution >= 4 is 5.78 Å². The molecule has 0 heterocycles. The second-order valence-electron chi connectivity index (χ2n) is 4.91. The number of carbonyl (C=O) groups excluding carboxylic acids is 1. The van der Waals surface area contributed by atoms with Gasteiger partial charge in [-0.3, -0.25) is 4.79 Å². The fraction of sp³-hybridized carbons (Fsp3) is 0.533. The molecule has 0 aromatic heterocycles. The van der Waals surface area contributed by atoms with E-state index in [9.17, 15) is 9.90 Å². The highest BCUT2D eigenvalue weighted by molar-refractivity contribution is 5.82. The molecule has 0 amide bonds. The normalized spacial score (nSPS) is 22.4. The zero-order valence-corrected chi connectivity index (χ0v) is 10.1. The summed E-state index contributed by atoms with van der Waals surface area (Å²) in [6, 6.07) is 10.1. The van der Waals surface area contributed by atoms with Gasteiger partial charge in [0, 0.05) is 12.3 Å². The first-order chi connectivity index (χ1) is 8.27. The molecule has 2 rings (SSSR count). The molecule has 0 aliphatic heterocycles. The molecule has 1 saturated carbocycles. The molecule has 1 aromatic carbocycles. The molecule has 2 unspecified atom stereocenters. The fourth-order valence-corrected chi connectivity index (χ4v) is 2.58. The van der Waals surface area contributed by atoms with E-state index in [1.165, 1.54) is 5.56 Å². The second kappa shape index (κ2) is 5.97. The maximum Gasteiger partial charge on any atom is 0.138 e. The molecular formula is C15H20O2. The lowest BCUT2D eigenvalue weighted by Gasteiger charge is -2.25. The molecule has 0 bridgehead atoms. The minimum atomic E-state index is -0.456. The van der Waals surface area contributed by atoms with Crippen LogP contribution in [0.25, 0.3) is 0 Å². The Balaban J connectivity index is 1.84. The first kappa shape index (κ1) is 12.3. The summed E-state index contributed by atoms with van der Waals surface area (Å²) in [5, 5.41) is 10.1. The highest BCUT2D eigenvalue weighted by atomic mass is 16.3. The fourth-order valence-electron chi connectivity index (χ4n) is 2.58. The number of ketones is 1. The number of Topliss-reactive ketones (excluding diaryl/α,β-unsaturated/α-hetero) is 1. The van der Waals surface area contributed by atoms with Gasteiger partial charge in [-0.15, -0.1) is 0 Å². The molecule has 2 nitrogen and oxygen atoms in total. The summed E-state index contributed by atoms with van der Waals surface area (Å²) >= 11 is 0. The van der Waals surface area contributed by atoms with Gasteiger partial charge in [-0.1, -0.05) is 36.8 Å². The molecule has 1 aromatic rings. The van der Waals surface area contributed by atoms with Crippen LogP contribution in [0.15, 0.2) is 30.3 Å². The van der Waals surface area contributed by atoms with Gasteiger partial charge in [0.1, 0.15) is 5.78 Å². The van der Waals surface area contributed by atoms with Crippen molar-refractivity contribution in [3.05, 3.63) is 35.9 Å². The zero-order valence-electron chi connectivity index (χ0n) is 10.1. The average molecular weight is 232 g/mol. The lowest BCUT2D eigenvalue weighted by molar-refractivity contribution is -0.128. The minimum Gasteiger partial charge on any atom is -0.392 e. The smallest absolute Gasteiger partial charge is 0.138 e. The van der Waals surface area contributed by atoms with E-state index in [0.717, 1.165) is 25.7 Å². The molecule has 2 heteroatoms. The van der Waals surface area contributed by atoms with Gasteiger partial charge < -0.3 is 5.11 Å². The van der Waals surface area contributed by atoms with Gasteiger partial charge in [-0.25, -0.2) is 0 Å². The van der Waals surface area contributed by atoms with Crippen molar-refractivity contribution in [3.63, 3.8) is 0 Å². The Bertz CT molecular complexity index is 358. The topological polar surface area (TPSA) is 37.3 Å². The van der Waals surface area contributed by atoms with Crippen LogP contribution in [-0.4, -0.2) is 17.0 Å². The van der Waals surface area contributed by atoms with Crippen LogP contribution in [0, 0.1) is 5.92 Å². The Morgan fingerprint density at radius 3 is 2.71 bits per heavy atom. The molecule has 0 spiro atoms. The van der Waals surface area contributed by atoms with Gasteiger partial charge in [-0.2, -0.15) is 0 Å². The summed E-state index contributed by atoms with van der Waals surface area (Å²) in [4.78, 5) is 11.7. The van der Waals surface area contributed by atoms with E-state index in [-0.39, 0.29) is 11.7 Å². The van der Waals surface area contributed by atoms with Crippen molar-refractivity contribution in [2.24, 2.45) is 5.92 Å². The minimum absolute atomic E-state index is 0.104. The van der Waals surface area contributed by atoms with Crippen molar-refractivity contribution in [2.75, 3.05) is 0 Å². The maximum atomic E-state index is 11.7. The van der Waals surface area contributed by atoms with E-state index in [4.69, 9.17) is 0 Å². The standard InChI is InChI=1S/C15H20O2/c16-14-9-5-4-8-13(14)15(17)11-10-12-6-2-1-3-7-12/h1-3,6-7,13,15,17H,4-5,8-11H2. The number of aliphatic hydroxyl groups is 1. The summed E-state index contributed by atoms with van der Waals surface area (Å²) in [6.07, 6.45) is 4.70. The third-order valence-corrected chi connectivity index (χ3v) is 3.64. The molecular weight excluding hydrogens is 212 g/mol. The van der Waals surface area contributed by atoms with Crippen molar-refractivity contribution < 1.29 is 9.90 Å². The molecule has 1 aliphatic rings. The van der Waals surface area contributed by atoms with E-state index in [1.807, 2.05) is 18.2 Å². The van der Waals surface area contributed by atoms with Crippen molar-refractivity contribution in [1.29, 1.82) is 0 Å². The summed E-state index contributed by atoms with van der Waals surface area (Å²) < 4.78 is 0. The largest absolute Gasteiger partial charge is 0.392 e. The van der Waals surface area contributed by atoms with E-state index < -0.39 is 6.10 Å². The SMILES string of the molecule is O=C1CCCCC1C(O)CCc1ccccc1. The molecule has 17 heavy (non-hydrogen) atoms. The molecule has 2 atom stereocenters. The zero-order chi connectivity index (χ0) is 12.1. The summed E-state index contributed by atoms with van der Waals surface area (Å²) in [6.45, 7) is 0. The summed E-state index contributed by atoms with van der Waals surface area (Å²) in [5.74, 6) is 0.157. The Kier molecular flexibility index (Phi) is 4.32. The highest BCUT2D eigenvalue weighted by Gasteiger charge is 2.28. The van der Waals surface area contributed by atoms with E-state index in [0.29, 0.717) is 12.8 Å². The van der Waals surface area contributed by atoms with Gasteiger partial charge in [0.05, 0.1) is 6.10 Å². The second-order valence-corrected chi connectivity index (χ2v) is 4.91. The Hall–Kier alpha value is -1.15. The number of hydrogen-bond acceptors (Lipinski definition) is 2. The lowest BCUT2D eigenvalue weighted by atomic mass is 9.82. The Labute approximate surface area is 103 Å². The van der Waals surface area contributed by atoms with Crippen LogP contribution in [-0.2, 0) is 11.2 Å². The number of carbonyl (C=O) groups is 1. The average Bonchev–Trinajstić information content (AvgIpc) is 2.38. The predicted octanol–water partition coefficient (Wildman–Crippen LogP) is 2.74. The number of rotatable bonds is 4. The molecule has 1 N–H and O–H groups in total. The number of benzene rings is 1. The number of aryl methyl sites for hydroxylation is 1. The molecule has 92 valence electrons. The predicted molar refractivity (Wildman–Crippen MR) is 67.7 cm³/mol. The van der Waals surface area contributed by atoms with Crippen LogP contribution in [0.5, 0.6) is 0 Å². The summed E-state index contributed by atoms with van der Waals surface area (Å²) in [5.41, 5.74) is 1.23. The van der Waals surface area contributed by atoms with Crippen LogP contribution in [0.1, 0.15) is 37.7 Å². The molecule has 0 saturated heterocycles. The Morgan fingerprint density at radius 2 is 2.00 bits per heavy atom. The van der Waals surface area contributed by atoms with Gasteiger partial charge in [0.2, 0.25) is 0 Å². The number of aliphatic hydroxyl groups excluding tert-OH is 1. The number of hydrogen-bond donors (Lipinski definition) is 1. The van der Waals surface area contributed by atoms with Crippen LogP contribution < -0.4 is 0 Å². The van der Waals surface area contributed by atoms with Crippen LogP contribution >= 0.6 is 0 Å². The lowest BCUT2D eigenvalue weighted by Crippen LogP contribution is -2.31. The first-order valence-corrected chi connectivity index (χ1v) is 6.52. The van der Waals surface area contributed by atoms with E-state index >= 15 is 0 Å². The van der Waals surface area contributed by atoms with E-state index in [2.05, 4.69) is 12.1 Å². The molecule has 1 fully saturated rings. The van der Waals surface area contributed by atoms with Crippen LogP contribution in [0.4, 0.5) is 0 Å². The highest BCUT2D eigenvalue weighted by Crippen LogP contribution is 2.25. The van der Waals surface area contributed by atoms with Gasteiger partial charge in [0.25, 0.3) is 0 Å². The maximum absolute atomic E-state index is 11.7. The quantitative estimate of drug-likeness (QED) is 0.866. The van der Waals surface area contributed by atoms with Crippen LogP contribution in [0.2, 0.25) is 0 Å². The van der Waals surface area contributed by atoms with Crippen molar-refractivity contribution in [3.8, 4) is 0 Å². The summed E-state index contributed by atoms with van der Waals surface area (Å²) in [7, 11) is 0. The Morgan fingerprint density at radius 1 is 1.24 bits per heavy atom. The molecule has 0 radical (unpaired) electrons. The monoisotopic (exact) mass is 232 g/mol. The van der Waals surface area contributed by atoms with Gasteiger partial charge in [0.15, 0.2) is 0 Å². The third kappa shape index (κ3) is 3.40. The van der Waals surface area contributed by atoms with Crippen LogP contribution in [0.3, 0.4) is 0 Å². The molecule has 1 aliphatic carbocycles. The van der Waals surface area contributed by atoms with Gasteiger partial charge >= 0.3 is 0 Å². The van der Waals surface area contributed by atoms with Crippen molar-refractivity contribution in [1.82, 2.24) is 0 Å². The van der Waals surface area contributed by atoms with E-state index in [1.54, 1.807) is 0 Å². The third-order valence-electron chi connectivity index (χ3n) is 3.64. The first-order valence-electron chi connectivity index (χ1n) is 6.52.